The van der Waals surface area contributed by atoms with Crippen molar-refractivity contribution in [2.24, 2.45) is 4.99 Å². The molecule has 0 fully saturated rings. The number of methoxy groups -OCH3 is 1. The Bertz CT molecular complexity index is 1570. The van der Waals surface area contributed by atoms with Gasteiger partial charge in [0.1, 0.15) is 5.75 Å². The molecule has 0 saturated heterocycles. The molecule has 1 aromatic heterocycles. The minimum atomic E-state index is -0.820. The van der Waals surface area contributed by atoms with Crippen molar-refractivity contribution >= 4 is 29.1 Å². The van der Waals surface area contributed by atoms with E-state index in [2.05, 4.69) is 4.99 Å². The zero-order valence-electron chi connectivity index (χ0n) is 19.9. The lowest BCUT2D eigenvalue weighted by Crippen LogP contribution is -2.40. The summed E-state index contributed by atoms with van der Waals surface area (Å²) in [6.07, 6.45) is 0.999. The molecule has 11 heteroatoms. The molecular weight excluding hydrogens is 486 g/mol. The maximum absolute atomic E-state index is 13.6. The Hall–Kier alpha value is -4.25. The quantitative estimate of drug-likeness (QED) is 0.307. The number of benzene rings is 2. The summed E-state index contributed by atoms with van der Waals surface area (Å²) in [5.41, 5.74) is 0.464. The van der Waals surface area contributed by atoms with Crippen molar-refractivity contribution in [3.63, 3.8) is 0 Å². The number of allylic oxidation sites excluding steroid dienone is 1. The van der Waals surface area contributed by atoms with Gasteiger partial charge in [0.2, 0.25) is 5.75 Å². The van der Waals surface area contributed by atoms with Gasteiger partial charge in [0.15, 0.2) is 4.80 Å². The van der Waals surface area contributed by atoms with Crippen molar-refractivity contribution in [2.45, 2.75) is 32.9 Å². The number of aromatic nitrogens is 1. The molecule has 0 bridgehead atoms. The highest BCUT2D eigenvalue weighted by atomic mass is 32.1. The van der Waals surface area contributed by atoms with Crippen molar-refractivity contribution < 1.29 is 24.3 Å². The molecule has 0 spiro atoms. The van der Waals surface area contributed by atoms with Gasteiger partial charge in [-0.05, 0) is 44.5 Å². The van der Waals surface area contributed by atoms with Gasteiger partial charge < -0.3 is 14.6 Å². The van der Waals surface area contributed by atoms with Gasteiger partial charge in [-0.25, -0.2) is 9.79 Å². The smallest absolute Gasteiger partial charge is 0.338 e. The number of thiazole rings is 1. The van der Waals surface area contributed by atoms with E-state index in [1.807, 2.05) is 0 Å². The number of carbonyl (C=O) groups is 1. The van der Waals surface area contributed by atoms with Crippen LogP contribution in [-0.2, 0) is 9.53 Å². The van der Waals surface area contributed by atoms with Gasteiger partial charge in [0.25, 0.3) is 5.56 Å². The summed E-state index contributed by atoms with van der Waals surface area (Å²) in [6, 6.07) is 10.2. The van der Waals surface area contributed by atoms with Gasteiger partial charge in [0, 0.05) is 11.6 Å². The molecule has 1 N–H and O–H groups in total. The van der Waals surface area contributed by atoms with Crippen LogP contribution in [0.15, 0.2) is 63.5 Å². The van der Waals surface area contributed by atoms with E-state index in [4.69, 9.17) is 9.47 Å². The fourth-order valence-electron chi connectivity index (χ4n) is 3.92. The fraction of sp³-hybridized carbons (Fsp3) is 0.240. The number of aromatic hydroxyl groups is 1. The summed E-state index contributed by atoms with van der Waals surface area (Å²) in [5, 5.41) is 21.6. The lowest BCUT2D eigenvalue weighted by Gasteiger charge is -2.25. The third-order valence-electron chi connectivity index (χ3n) is 5.55. The number of rotatable bonds is 6. The maximum atomic E-state index is 13.6. The fourth-order valence-corrected chi connectivity index (χ4v) is 4.95. The van der Waals surface area contributed by atoms with Crippen LogP contribution in [0.1, 0.15) is 37.9 Å². The third kappa shape index (κ3) is 4.52. The number of nitro benzene ring substituents is 1. The molecule has 4 rings (SSSR count). The van der Waals surface area contributed by atoms with E-state index in [0.29, 0.717) is 21.8 Å². The van der Waals surface area contributed by atoms with Crippen LogP contribution in [-0.4, -0.2) is 33.8 Å². The zero-order valence-corrected chi connectivity index (χ0v) is 20.7. The van der Waals surface area contributed by atoms with Crippen LogP contribution < -0.4 is 19.6 Å². The number of phenolic OH excluding ortho intramolecular Hbond substituents is 1. The van der Waals surface area contributed by atoms with Crippen molar-refractivity contribution in [1.82, 2.24) is 4.57 Å². The highest BCUT2D eigenvalue weighted by Gasteiger charge is 2.34. The SMILES string of the molecule is COc1ccc([C@H]2C(C(=O)OC(C)C)=C(C)N=c3sc(=Cc4cccc([N+](=O)[O-])c4O)c(=O)n32)cc1. The van der Waals surface area contributed by atoms with E-state index in [-0.39, 0.29) is 21.8 Å². The van der Waals surface area contributed by atoms with Gasteiger partial charge in [-0.2, -0.15) is 0 Å². The van der Waals surface area contributed by atoms with Gasteiger partial charge in [-0.3, -0.25) is 19.5 Å². The molecule has 186 valence electrons. The average Bonchev–Trinajstić information content (AvgIpc) is 3.13. The zero-order chi connectivity index (χ0) is 26.1. The van der Waals surface area contributed by atoms with E-state index in [1.165, 1.54) is 36.0 Å². The number of para-hydroxylation sites is 1. The lowest BCUT2D eigenvalue weighted by atomic mass is 9.96. The first-order valence-electron chi connectivity index (χ1n) is 11.0. The standard InChI is InChI=1S/C25H23N3O7S/c1-13(2)35-24(31)20-14(3)26-25-27(21(20)15-8-10-17(34-4)11-9-15)23(30)19(36-25)12-16-6-5-7-18(22(16)29)28(32)33/h5-13,21,29H,1-4H3/t21-/m0/s1. The van der Waals surface area contributed by atoms with E-state index in [0.717, 1.165) is 11.3 Å². The number of nitro groups is 1. The number of ether oxygens (including phenoxy) is 2. The Morgan fingerprint density at radius 2 is 1.94 bits per heavy atom. The van der Waals surface area contributed by atoms with E-state index in [1.54, 1.807) is 45.0 Å². The number of carbonyl (C=O) groups excluding carboxylic acids is 1. The Morgan fingerprint density at radius 3 is 2.56 bits per heavy atom. The number of hydrogen-bond acceptors (Lipinski definition) is 9. The Labute approximate surface area is 209 Å². The highest BCUT2D eigenvalue weighted by molar-refractivity contribution is 7.07. The van der Waals surface area contributed by atoms with Crippen molar-refractivity contribution in [1.29, 1.82) is 0 Å². The topological polar surface area (TPSA) is 133 Å². The Morgan fingerprint density at radius 1 is 1.25 bits per heavy atom. The molecule has 0 aliphatic carbocycles. The van der Waals surface area contributed by atoms with Crippen LogP contribution in [0.25, 0.3) is 6.08 Å². The first kappa shape index (κ1) is 24.9. The molecule has 1 atom stereocenters. The predicted octanol–water partition coefficient (Wildman–Crippen LogP) is 2.81. The summed E-state index contributed by atoms with van der Waals surface area (Å²) in [6.45, 7) is 5.14. The molecule has 2 aromatic carbocycles. The second-order valence-corrected chi connectivity index (χ2v) is 9.29. The van der Waals surface area contributed by atoms with Crippen LogP contribution in [0.4, 0.5) is 5.69 Å². The van der Waals surface area contributed by atoms with E-state index < -0.39 is 33.9 Å². The van der Waals surface area contributed by atoms with Crippen molar-refractivity contribution in [3.8, 4) is 11.5 Å². The minimum absolute atomic E-state index is 0.116. The molecule has 0 saturated carbocycles. The van der Waals surface area contributed by atoms with Crippen LogP contribution in [0, 0.1) is 10.1 Å². The number of hydrogen-bond donors (Lipinski definition) is 1. The summed E-state index contributed by atoms with van der Waals surface area (Å²) < 4.78 is 12.3. The number of fused-ring (bicyclic) bond motifs is 1. The molecule has 2 heterocycles. The second-order valence-electron chi connectivity index (χ2n) is 8.28. The predicted molar refractivity (Wildman–Crippen MR) is 133 cm³/mol. The lowest BCUT2D eigenvalue weighted by molar-refractivity contribution is -0.385. The van der Waals surface area contributed by atoms with Crippen LogP contribution >= 0.6 is 11.3 Å². The minimum Gasteiger partial charge on any atom is -0.502 e. The normalized spacial score (nSPS) is 15.5. The van der Waals surface area contributed by atoms with Crippen LogP contribution in [0.2, 0.25) is 0 Å². The summed E-state index contributed by atoms with van der Waals surface area (Å²) >= 11 is 1.05. The second kappa shape index (κ2) is 9.78. The third-order valence-corrected chi connectivity index (χ3v) is 6.53. The molecule has 3 aromatic rings. The first-order chi connectivity index (χ1) is 17.1. The Balaban J connectivity index is 1.95. The molecule has 1 aliphatic rings. The summed E-state index contributed by atoms with van der Waals surface area (Å²) in [7, 11) is 1.54. The van der Waals surface area contributed by atoms with Gasteiger partial charge in [-0.15, -0.1) is 0 Å². The van der Waals surface area contributed by atoms with Gasteiger partial charge >= 0.3 is 11.7 Å². The maximum Gasteiger partial charge on any atom is 0.338 e. The monoisotopic (exact) mass is 509 g/mol. The van der Waals surface area contributed by atoms with E-state index in [9.17, 15) is 24.8 Å². The van der Waals surface area contributed by atoms with Gasteiger partial charge in [-0.1, -0.05) is 35.6 Å². The molecule has 0 amide bonds. The number of esters is 1. The van der Waals surface area contributed by atoms with Gasteiger partial charge in [0.05, 0.1) is 40.0 Å². The molecule has 10 nitrogen and oxygen atoms in total. The molecule has 1 aliphatic heterocycles. The largest absolute Gasteiger partial charge is 0.502 e. The summed E-state index contributed by atoms with van der Waals surface area (Å²) in [4.78, 5) is 42.1. The highest BCUT2D eigenvalue weighted by Crippen LogP contribution is 2.32. The number of nitrogens with zero attached hydrogens (tertiary/aromatic N) is 3. The molecule has 36 heavy (non-hydrogen) atoms. The van der Waals surface area contributed by atoms with Crippen molar-refractivity contribution in [2.75, 3.05) is 7.11 Å². The summed E-state index contributed by atoms with van der Waals surface area (Å²) in [5.74, 6) is -0.519. The number of phenols is 1. The van der Waals surface area contributed by atoms with Crippen molar-refractivity contribution in [3.05, 3.63) is 94.7 Å². The van der Waals surface area contributed by atoms with Crippen LogP contribution in [0.5, 0.6) is 11.5 Å². The molecule has 0 unspecified atom stereocenters. The Kier molecular flexibility index (Phi) is 6.75. The first-order valence-corrected chi connectivity index (χ1v) is 11.8. The average molecular weight is 510 g/mol. The van der Waals surface area contributed by atoms with Crippen LogP contribution in [0.3, 0.4) is 0 Å². The van der Waals surface area contributed by atoms with E-state index >= 15 is 0 Å². The molecular formula is C25H23N3O7S. The molecule has 0 radical (unpaired) electrons.